The van der Waals surface area contributed by atoms with Gasteiger partial charge in [-0.1, -0.05) is 42.1 Å². The summed E-state index contributed by atoms with van der Waals surface area (Å²) in [6.45, 7) is 1.10. The zero-order valence-electron chi connectivity index (χ0n) is 14.6. The average Bonchev–Trinajstić information content (AvgIpc) is 3.06. The molecule has 1 N–H and O–H groups in total. The zero-order valence-corrected chi connectivity index (χ0v) is 15.4. The molecule has 7 heteroatoms. The van der Waals surface area contributed by atoms with Gasteiger partial charge < -0.3 is 10.2 Å². The summed E-state index contributed by atoms with van der Waals surface area (Å²) in [5.74, 6) is -2.70. The Bertz CT molecular complexity index is 784. The van der Waals surface area contributed by atoms with Gasteiger partial charge in [-0.3, -0.25) is 9.59 Å². The molecule has 142 valence electrons. The number of rotatable bonds is 7. The molecular formula is C20H20F2N2O2S. The van der Waals surface area contributed by atoms with Gasteiger partial charge in [0, 0.05) is 30.0 Å². The van der Waals surface area contributed by atoms with Crippen LogP contribution in [0.15, 0.2) is 59.5 Å². The van der Waals surface area contributed by atoms with Crippen LogP contribution in [0.3, 0.4) is 0 Å². The van der Waals surface area contributed by atoms with E-state index in [4.69, 9.17) is 0 Å². The predicted octanol–water partition coefficient (Wildman–Crippen LogP) is 4.09. The molecule has 27 heavy (non-hydrogen) atoms. The maximum Gasteiger partial charge on any atom is 0.288 e. The van der Waals surface area contributed by atoms with Crippen molar-refractivity contribution in [2.45, 2.75) is 29.5 Å². The van der Waals surface area contributed by atoms with Crippen molar-refractivity contribution in [3.05, 3.63) is 65.7 Å². The molecule has 1 aliphatic heterocycles. The molecule has 2 aromatic rings. The highest BCUT2D eigenvalue weighted by atomic mass is 32.2. The molecule has 0 aliphatic carbocycles. The summed E-state index contributed by atoms with van der Waals surface area (Å²) >= 11 is 0.442. The Kier molecular flexibility index (Phi) is 6.45. The molecule has 0 aromatic heterocycles. The van der Waals surface area contributed by atoms with E-state index in [9.17, 15) is 18.4 Å². The maximum atomic E-state index is 12.6. The Balaban J connectivity index is 1.72. The Morgan fingerprint density at radius 3 is 2.41 bits per heavy atom. The number of amides is 2. The summed E-state index contributed by atoms with van der Waals surface area (Å²) in [6, 6.07) is 15.2. The first kappa shape index (κ1) is 19.4. The molecule has 2 aromatic carbocycles. The van der Waals surface area contributed by atoms with Crippen LogP contribution in [-0.2, 0) is 4.79 Å². The number of carbonyl (C=O) groups is 2. The van der Waals surface area contributed by atoms with E-state index in [0.717, 1.165) is 12.0 Å². The minimum Gasteiger partial charge on any atom is -0.343 e. The predicted molar refractivity (Wildman–Crippen MR) is 101 cm³/mol. The minimum atomic E-state index is -2.50. The number of nitrogens with one attached hydrogen (secondary N) is 1. The molecule has 0 spiro atoms. The van der Waals surface area contributed by atoms with Crippen LogP contribution < -0.4 is 5.32 Å². The SMILES string of the molecule is O=C(N[C@@H](CN1CCCC1=O)c1ccccc1)c1ccc(SC(F)F)cc1. The molecule has 1 fully saturated rings. The van der Waals surface area contributed by atoms with Crippen molar-refractivity contribution in [1.29, 1.82) is 0 Å². The number of hydrogen-bond donors (Lipinski definition) is 1. The molecule has 0 unspecified atom stereocenters. The fourth-order valence-corrected chi connectivity index (χ4v) is 3.57. The Morgan fingerprint density at radius 2 is 1.81 bits per heavy atom. The topological polar surface area (TPSA) is 49.4 Å². The summed E-state index contributed by atoms with van der Waals surface area (Å²) in [5.41, 5.74) is 1.30. The Hall–Kier alpha value is -2.41. The third-order valence-electron chi connectivity index (χ3n) is 4.42. The van der Waals surface area contributed by atoms with E-state index in [0.29, 0.717) is 41.7 Å². The van der Waals surface area contributed by atoms with Crippen LogP contribution in [-0.4, -0.2) is 35.6 Å². The standard InChI is InChI=1S/C20H20F2N2O2S/c21-20(22)27-16-10-8-15(9-11-16)19(26)23-17(14-5-2-1-3-6-14)13-24-12-4-7-18(24)25/h1-3,5-6,8-11,17,20H,4,7,12-13H2,(H,23,26)/t17-/m0/s1. The zero-order chi connectivity index (χ0) is 19.2. The van der Waals surface area contributed by atoms with Gasteiger partial charge in [0.15, 0.2) is 0 Å². The number of halogens is 2. The number of hydrogen-bond acceptors (Lipinski definition) is 3. The molecule has 3 rings (SSSR count). The number of carbonyl (C=O) groups excluding carboxylic acids is 2. The summed E-state index contributed by atoms with van der Waals surface area (Å²) in [4.78, 5) is 26.8. The third kappa shape index (κ3) is 5.29. The lowest BCUT2D eigenvalue weighted by Crippen LogP contribution is -2.38. The van der Waals surface area contributed by atoms with Gasteiger partial charge in [-0.15, -0.1) is 0 Å². The quantitative estimate of drug-likeness (QED) is 0.725. The molecule has 0 bridgehead atoms. The third-order valence-corrected chi connectivity index (χ3v) is 5.15. The van der Waals surface area contributed by atoms with Crippen LogP contribution in [0.2, 0.25) is 0 Å². The van der Waals surface area contributed by atoms with E-state index < -0.39 is 5.76 Å². The number of benzene rings is 2. The van der Waals surface area contributed by atoms with Gasteiger partial charge in [0.05, 0.1) is 6.04 Å². The lowest BCUT2D eigenvalue weighted by molar-refractivity contribution is -0.128. The summed E-state index contributed by atoms with van der Waals surface area (Å²) < 4.78 is 24.8. The molecule has 1 saturated heterocycles. The summed E-state index contributed by atoms with van der Waals surface area (Å²) in [7, 11) is 0. The van der Waals surface area contributed by atoms with Crippen molar-refractivity contribution >= 4 is 23.6 Å². The highest BCUT2D eigenvalue weighted by Crippen LogP contribution is 2.25. The van der Waals surface area contributed by atoms with E-state index in [1.165, 1.54) is 24.3 Å². The number of nitrogens with zero attached hydrogens (tertiary/aromatic N) is 1. The maximum absolute atomic E-state index is 12.6. The van der Waals surface area contributed by atoms with Crippen LogP contribution in [0, 0.1) is 0 Å². The first-order chi connectivity index (χ1) is 13.0. The number of thioether (sulfide) groups is 1. The van der Waals surface area contributed by atoms with Crippen LogP contribution in [0.1, 0.15) is 34.8 Å². The highest BCUT2D eigenvalue weighted by Gasteiger charge is 2.25. The second-order valence-electron chi connectivity index (χ2n) is 6.28. The highest BCUT2D eigenvalue weighted by molar-refractivity contribution is 7.99. The van der Waals surface area contributed by atoms with Crippen LogP contribution in [0.25, 0.3) is 0 Å². The van der Waals surface area contributed by atoms with Crippen molar-refractivity contribution in [3.8, 4) is 0 Å². The molecule has 0 saturated carbocycles. The second-order valence-corrected chi connectivity index (χ2v) is 7.35. The van der Waals surface area contributed by atoms with E-state index in [-0.39, 0.29) is 17.9 Å². The van der Waals surface area contributed by atoms with Crippen molar-refractivity contribution < 1.29 is 18.4 Å². The van der Waals surface area contributed by atoms with Crippen LogP contribution in [0.4, 0.5) is 8.78 Å². The Morgan fingerprint density at radius 1 is 1.11 bits per heavy atom. The van der Waals surface area contributed by atoms with Gasteiger partial charge in [-0.05, 0) is 36.2 Å². The summed E-state index contributed by atoms with van der Waals surface area (Å²) in [5, 5.41) is 2.97. The largest absolute Gasteiger partial charge is 0.343 e. The molecule has 1 aliphatic rings. The van der Waals surface area contributed by atoms with Gasteiger partial charge in [-0.25, -0.2) is 0 Å². The van der Waals surface area contributed by atoms with E-state index in [1.54, 1.807) is 4.90 Å². The van der Waals surface area contributed by atoms with E-state index >= 15 is 0 Å². The fraction of sp³-hybridized carbons (Fsp3) is 0.300. The van der Waals surface area contributed by atoms with Gasteiger partial charge in [0.25, 0.3) is 11.7 Å². The lowest BCUT2D eigenvalue weighted by Gasteiger charge is -2.25. The number of alkyl halides is 2. The fourth-order valence-electron chi connectivity index (χ4n) is 3.07. The van der Waals surface area contributed by atoms with Gasteiger partial charge in [0.1, 0.15) is 0 Å². The Labute approximate surface area is 160 Å². The van der Waals surface area contributed by atoms with Crippen molar-refractivity contribution in [3.63, 3.8) is 0 Å². The van der Waals surface area contributed by atoms with Crippen LogP contribution >= 0.6 is 11.8 Å². The smallest absolute Gasteiger partial charge is 0.288 e. The molecule has 0 radical (unpaired) electrons. The minimum absolute atomic E-state index is 0.0959. The first-order valence-corrected chi connectivity index (χ1v) is 9.59. The monoisotopic (exact) mass is 390 g/mol. The second kappa shape index (κ2) is 8.99. The van der Waals surface area contributed by atoms with E-state index in [1.807, 2.05) is 30.3 Å². The lowest BCUT2D eigenvalue weighted by atomic mass is 10.1. The van der Waals surface area contributed by atoms with Crippen molar-refractivity contribution in [2.24, 2.45) is 0 Å². The molecule has 1 atom stereocenters. The molecule has 4 nitrogen and oxygen atoms in total. The molecule has 2 amide bonds. The first-order valence-electron chi connectivity index (χ1n) is 8.71. The van der Waals surface area contributed by atoms with Gasteiger partial charge in [0.2, 0.25) is 5.91 Å². The number of likely N-dealkylation sites (tertiary alicyclic amines) is 1. The van der Waals surface area contributed by atoms with Gasteiger partial charge in [-0.2, -0.15) is 8.78 Å². The molecular weight excluding hydrogens is 370 g/mol. The van der Waals surface area contributed by atoms with Crippen molar-refractivity contribution in [1.82, 2.24) is 10.2 Å². The van der Waals surface area contributed by atoms with E-state index in [2.05, 4.69) is 5.32 Å². The normalized spacial score (nSPS) is 15.2. The summed E-state index contributed by atoms with van der Waals surface area (Å²) in [6.07, 6.45) is 1.37. The van der Waals surface area contributed by atoms with Crippen LogP contribution in [0.5, 0.6) is 0 Å². The average molecular weight is 390 g/mol. The van der Waals surface area contributed by atoms with Gasteiger partial charge >= 0.3 is 0 Å². The van der Waals surface area contributed by atoms with Crippen molar-refractivity contribution in [2.75, 3.05) is 13.1 Å². The molecule has 1 heterocycles.